The van der Waals surface area contributed by atoms with Gasteiger partial charge in [-0.2, -0.15) is 0 Å². The molecule has 0 bridgehead atoms. The molecule has 0 saturated carbocycles. The minimum absolute atomic E-state index is 0.722. The van der Waals surface area contributed by atoms with Gasteiger partial charge in [-0.15, -0.1) is 0 Å². The number of unbranched alkanes of at least 4 members (excludes halogenated alkanes) is 2. The summed E-state index contributed by atoms with van der Waals surface area (Å²) in [6, 6.07) is 10.9. The number of hydrogen-bond acceptors (Lipinski definition) is 0. The van der Waals surface area contributed by atoms with Crippen LogP contribution in [0.4, 0.5) is 0 Å². The third kappa shape index (κ3) is 5.78. The molecule has 0 nitrogen and oxygen atoms in total. The van der Waals surface area contributed by atoms with Gasteiger partial charge in [0.1, 0.15) is 0 Å². The van der Waals surface area contributed by atoms with E-state index in [4.69, 9.17) is 0 Å². The number of hydrogen-bond donors (Lipinski definition) is 0. The molecular weight excluding hydrogens is 187 g/mol. The zero-order valence-corrected chi connectivity index (χ0v) is 11.1. The molecule has 0 aliphatic carbocycles. The van der Waals surface area contributed by atoms with Crippen LogP contribution in [0.25, 0.3) is 0 Å². The quantitative estimate of drug-likeness (QED) is 0.459. The van der Waals surface area contributed by atoms with Crippen molar-refractivity contribution in [2.75, 3.05) is 0 Å². The Labute approximate surface area is 110 Å². The van der Waals surface area contributed by atoms with Crippen LogP contribution in [0, 0.1) is 5.92 Å². The third-order valence-corrected chi connectivity index (χ3v) is 3.29. The zero-order valence-electron chi connectivity index (χ0n) is 11.1. The molecule has 0 heterocycles. The second-order valence-electron chi connectivity index (χ2n) is 5.34. The van der Waals surface area contributed by atoms with Crippen LogP contribution in [0.2, 0.25) is 0 Å². The van der Waals surface area contributed by atoms with Gasteiger partial charge in [0.25, 0.3) is 0 Å². The van der Waals surface area contributed by atoms with E-state index in [0.717, 1.165) is 10.5 Å². The first-order chi connectivity index (χ1) is 7.70. The molecule has 84 valence electrons. The van der Waals surface area contributed by atoms with Crippen molar-refractivity contribution >= 4 is 17.7 Å². The molecule has 1 heteroatoms. The molecule has 0 aromatic heterocycles. The molecule has 0 amide bonds. The van der Waals surface area contributed by atoms with E-state index in [1.165, 1.54) is 37.7 Å². The fourth-order valence-electron chi connectivity index (χ4n) is 2.13. The van der Waals surface area contributed by atoms with Crippen molar-refractivity contribution in [1.82, 2.24) is 0 Å². The third-order valence-electron chi connectivity index (χ3n) is 3.29. The van der Waals surface area contributed by atoms with E-state index in [0.29, 0.717) is 0 Å². The Balaban J connectivity index is 2.14. The molecule has 0 saturated heterocycles. The summed E-state index contributed by atoms with van der Waals surface area (Å²) in [6.45, 7) is 4.62. The van der Waals surface area contributed by atoms with Crippen LogP contribution in [0.3, 0.4) is 0 Å². The van der Waals surface area contributed by atoms with Gasteiger partial charge >= 0.3 is 110 Å². The van der Waals surface area contributed by atoms with E-state index in [1.807, 2.05) is 0 Å². The predicted molar refractivity (Wildman–Crippen MR) is 72.9 cm³/mol. The Morgan fingerprint density at radius 2 is 1.56 bits per heavy atom. The Kier molecular flexibility index (Phi) is 6.93. The molecule has 0 aliphatic rings. The molecule has 1 rings (SSSR count). The Morgan fingerprint density at radius 3 is 2.19 bits per heavy atom. The van der Waals surface area contributed by atoms with Gasteiger partial charge in [0, 0.05) is 0 Å². The average Bonchev–Trinajstić information content (AvgIpc) is 2.29. The fourth-order valence-corrected chi connectivity index (χ4v) is 2.13. The van der Waals surface area contributed by atoms with Crippen molar-refractivity contribution in [2.24, 2.45) is 5.92 Å². The van der Waals surface area contributed by atoms with Gasteiger partial charge in [0.2, 0.25) is 0 Å². The first kappa shape index (κ1) is 13.9. The van der Waals surface area contributed by atoms with E-state index in [2.05, 4.69) is 61.9 Å². The van der Waals surface area contributed by atoms with Gasteiger partial charge in [0.05, 0.1) is 0 Å². The number of rotatable bonds is 7. The van der Waals surface area contributed by atoms with E-state index in [-0.39, 0.29) is 0 Å². The molecular formula is C15H23Li. The van der Waals surface area contributed by atoms with Crippen LogP contribution in [-0.4, -0.2) is 17.7 Å². The molecule has 1 atom stereocenters. The average molecular weight is 210 g/mol. The first-order valence-corrected chi connectivity index (χ1v) is 6.75. The molecule has 0 fully saturated rings. The second kappa shape index (κ2) is 7.99. The minimum atomic E-state index is 0.722. The summed E-state index contributed by atoms with van der Waals surface area (Å²) < 4.78 is 0.722. The van der Waals surface area contributed by atoms with Crippen molar-refractivity contribution in [3.63, 3.8) is 0 Å². The maximum absolute atomic E-state index is 2.35. The molecule has 0 radical (unpaired) electrons. The van der Waals surface area contributed by atoms with Crippen LogP contribution in [0.1, 0.15) is 56.1 Å². The molecule has 1 unspecified atom stereocenters. The van der Waals surface area contributed by atoms with Gasteiger partial charge in [-0.3, -0.25) is 0 Å². The summed E-state index contributed by atoms with van der Waals surface area (Å²) in [7, 11) is 0. The molecule has 0 N–H and O–H groups in total. The Morgan fingerprint density at radius 1 is 0.938 bits per heavy atom. The predicted octanol–water partition coefficient (Wildman–Crippen LogP) is 4.50. The molecule has 0 spiro atoms. The van der Waals surface area contributed by atoms with Gasteiger partial charge < -0.3 is 0 Å². The second-order valence-corrected chi connectivity index (χ2v) is 5.34. The monoisotopic (exact) mass is 210 g/mol. The van der Waals surface area contributed by atoms with Crippen LogP contribution in [0.15, 0.2) is 30.3 Å². The molecule has 0 aliphatic heterocycles. The van der Waals surface area contributed by atoms with E-state index < -0.39 is 0 Å². The topological polar surface area (TPSA) is 0 Å². The van der Waals surface area contributed by atoms with Crippen molar-refractivity contribution in [3.05, 3.63) is 35.9 Å². The molecule has 1 aromatic carbocycles. The normalized spacial score (nSPS) is 13.1. The standard InChI is InChI=1S/C15H23.Li/c1-14(2)10-6-3-4-7-11-15-12-8-5-9-13-15;/h5,8-9,11-14H,3-4,6-7,10H2,1-2H3;. The van der Waals surface area contributed by atoms with Crippen LogP contribution < -0.4 is 0 Å². The van der Waals surface area contributed by atoms with E-state index in [1.54, 1.807) is 0 Å². The molecule has 1 aromatic rings. The van der Waals surface area contributed by atoms with Crippen molar-refractivity contribution in [2.45, 2.75) is 50.5 Å². The summed E-state index contributed by atoms with van der Waals surface area (Å²) in [5.41, 5.74) is 1.49. The SMILES string of the molecule is [Li][CH](CCCCCC(C)C)c1ccccc1. The summed E-state index contributed by atoms with van der Waals surface area (Å²) in [4.78, 5) is 0. The summed E-state index contributed by atoms with van der Waals surface area (Å²) in [5, 5.41) is 0. The van der Waals surface area contributed by atoms with E-state index in [9.17, 15) is 0 Å². The van der Waals surface area contributed by atoms with Gasteiger partial charge in [-0.1, -0.05) is 0 Å². The Hall–Kier alpha value is -0.183. The van der Waals surface area contributed by atoms with Gasteiger partial charge in [-0.05, 0) is 0 Å². The summed E-state index contributed by atoms with van der Waals surface area (Å²) in [5.74, 6) is 0.867. The fraction of sp³-hybridized carbons (Fsp3) is 0.600. The van der Waals surface area contributed by atoms with Gasteiger partial charge in [0.15, 0.2) is 0 Å². The van der Waals surface area contributed by atoms with Crippen LogP contribution >= 0.6 is 0 Å². The first-order valence-electron chi connectivity index (χ1n) is 6.75. The summed E-state index contributed by atoms with van der Waals surface area (Å²) in [6.07, 6.45) is 6.90. The Bertz CT molecular complexity index is 266. The van der Waals surface area contributed by atoms with Crippen LogP contribution in [0.5, 0.6) is 0 Å². The van der Waals surface area contributed by atoms with Gasteiger partial charge in [-0.25, -0.2) is 0 Å². The number of benzene rings is 1. The molecule has 16 heavy (non-hydrogen) atoms. The van der Waals surface area contributed by atoms with Crippen molar-refractivity contribution in [3.8, 4) is 0 Å². The van der Waals surface area contributed by atoms with E-state index >= 15 is 0 Å². The maximum atomic E-state index is 2.35. The summed E-state index contributed by atoms with van der Waals surface area (Å²) >= 11 is 2.35. The zero-order chi connectivity index (χ0) is 11.8. The van der Waals surface area contributed by atoms with Crippen LogP contribution in [-0.2, 0) is 0 Å². The van der Waals surface area contributed by atoms with Crippen molar-refractivity contribution in [1.29, 1.82) is 0 Å². The van der Waals surface area contributed by atoms with Crippen molar-refractivity contribution < 1.29 is 0 Å².